The standard InChI is InChI=1S/C24H29N3O4S/c28-24(20-6-10-22(11-7-20)32(29,30)26-14-16-31-17-15-26)27-13-12-25(21-8-9-21)18-23(27)19-4-2-1-3-5-19/h1-7,10-11,21,23H,8-9,12-18H2. The number of carbonyl (C=O) groups is 1. The molecule has 2 heterocycles. The average molecular weight is 456 g/mol. The van der Waals surface area contributed by atoms with Gasteiger partial charge >= 0.3 is 0 Å². The Morgan fingerprint density at radius 3 is 2.22 bits per heavy atom. The number of amides is 1. The molecule has 2 aromatic carbocycles. The van der Waals surface area contributed by atoms with E-state index >= 15 is 0 Å². The fourth-order valence-corrected chi connectivity index (χ4v) is 6.06. The van der Waals surface area contributed by atoms with Gasteiger partial charge in [-0.1, -0.05) is 30.3 Å². The lowest BCUT2D eigenvalue weighted by atomic mass is 10.0. The van der Waals surface area contributed by atoms with Crippen LogP contribution in [0.5, 0.6) is 0 Å². The van der Waals surface area contributed by atoms with Gasteiger partial charge in [0.1, 0.15) is 0 Å². The average Bonchev–Trinajstić information content (AvgIpc) is 3.70. The van der Waals surface area contributed by atoms with Gasteiger partial charge in [-0.25, -0.2) is 8.42 Å². The summed E-state index contributed by atoms with van der Waals surface area (Å²) in [6, 6.07) is 17.2. The minimum Gasteiger partial charge on any atom is -0.379 e. The van der Waals surface area contributed by atoms with Crippen molar-refractivity contribution in [2.45, 2.75) is 29.8 Å². The number of hydrogen-bond acceptors (Lipinski definition) is 5. The minimum atomic E-state index is -3.57. The van der Waals surface area contributed by atoms with Crippen molar-refractivity contribution in [3.8, 4) is 0 Å². The van der Waals surface area contributed by atoms with E-state index in [2.05, 4.69) is 17.0 Å². The summed E-state index contributed by atoms with van der Waals surface area (Å²) in [7, 11) is -3.57. The van der Waals surface area contributed by atoms with E-state index in [-0.39, 0.29) is 16.8 Å². The van der Waals surface area contributed by atoms with Gasteiger partial charge in [0.15, 0.2) is 0 Å². The van der Waals surface area contributed by atoms with Crippen molar-refractivity contribution in [3.63, 3.8) is 0 Å². The third-order valence-electron chi connectivity index (χ3n) is 6.63. The summed E-state index contributed by atoms with van der Waals surface area (Å²) in [5.74, 6) is -0.0513. The second-order valence-corrected chi connectivity index (χ2v) is 10.6. The number of carbonyl (C=O) groups excluding carboxylic acids is 1. The molecule has 8 heteroatoms. The molecule has 0 aromatic heterocycles. The molecule has 2 saturated heterocycles. The largest absolute Gasteiger partial charge is 0.379 e. The molecule has 3 aliphatic rings. The molecule has 1 unspecified atom stereocenters. The van der Waals surface area contributed by atoms with Gasteiger partial charge < -0.3 is 9.64 Å². The van der Waals surface area contributed by atoms with Crippen molar-refractivity contribution in [1.29, 1.82) is 0 Å². The molecule has 2 aliphatic heterocycles. The molecule has 2 aromatic rings. The first-order valence-electron chi connectivity index (χ1n) is 11.3. The molecule has 1 atom stereocenters. The van der Waals surface area contributed by atoms with Crippen LogP contribution in [-0.4, -0.2) is 80.4 Å². The highest BCUT2D eigenvalue weighted by Crippen LogP contribution is 2.34. The number of piperazine rings is 1. The van der Waals surface area contributed by atoms with Gasteiger partial charge in [0.2, 0.25) is 10.0 Å². The number of ether oxygens (including phenoxy) is 1. The van der Waals surface area contributed by atoms with Gasteiger partial charge in [0.05, 0.1) is 24.2 Å². The molecule has 1 aliphatic carbocycles. The summed E-state index contributed by atoms with van der Waals surface area (Å²) in [6.45, 7) is 3.91. The Bertz CT molecular complexity index is 1050. The van der Waals surface area contributed by atoms with Crippen LogP contribution in [0.4, 0.5) is 0 Å². The predicted octanol–water partition coefficient (Wildman–Crippen LogP) is 2.37. The summed E-state index contributed by atoms with van der Waals surface area (Å²) in [6.07, 6.45) is 2.49. The lowest BCUT2D eigenvalue weighted by Crippen LogP contribution is -2.51. The third kappa shape index (κ3) is 4.32. The Hall–Kier alpha value is -2.26. The molecule has 3 fully saturated rings. The van der Waals surface area contributed by atoms with Gasteiger partial charge in [-0.2, -0.15) is 4.31 Å². The van der Waals surface area contributed by atoms with Crippen molar-refractivity contribution in [2.75, 3.05) is 45.9 Å². The molecule has 7 nitrogen and oxygen atoms in total. The third-order valence-corrected chi connectivity index (χ3v) is 8.54. The van der Waals surface area contributed by atoms with Crippen LogP contribution in [0.3, 0.4) is 0 Å². The van der Waals surface area contributed by atoms with E-state index in [9.17, 15) is 13.2 Å². The zero-order valence-electron chi connectivity index (χ0n) is 18.1. The van der Waals surface area contributed by atoms with Gasteiger partial charge in [-0.3, -0.25) is 9.69 Å². The molecule has 170 valence electrons. The number of morpholine rings is 1. The van der Waals surface area contributed by atoms with E-state index in [1.807, 2.05) is 23.1 Å². The highest BCUT2D eigenvalue weighted by Gasteiger charge is 2.38. The molecule has 1 saturated carbocycles. The second-order valence-electron chi connectivity index (χ2n) is 8.69. The number of benzene rings is 2. The van der Waals surface area contributed by atoms with E-state index in [1.165, 1.54) is 17.1 Å². The van der Waals surface area contributed by atoms with E-state index < -0.39 is 10.0 Å². The zero-order chi connectivity index (χ0) is 22.1. The summed E-state index contributed by atoms with van der Waals surface area (Å²) in [5.41, 5.74) is 1.66. The molecule has 5 rings (SSSR count). The monoisotopic (exact) mass is 455 g/mol. The van der Waals surface area contributed by atoms with Gasteiger partial charge in [-0.05, 0) is 42.7 Å². The van der Waals surface area contributed by atoms with Crippen LogP contribution in [0.15, 0.2) is 59.5 Å². The summed E-state index contributed by atoms with van der Waals surface area (Å²) >= 11 is 0. The molecule has 1 amide bonds. The first-order chi connectivity index (χ1) is 15.5. The summed E-state index contributed by atoms with van der Waals surface area (Å²) in [5, 5.41) is 0. The van der Waals surface area contributed by atoms with Crippen molar-refractivity contribution >= 4 is 15.9 Å². The minimum absolute atomic E-state index is 0.00481. The maximum absolute atomic E-state index is 13.5. The van der Waals surface area contributed by atoms with Crippen LogP contribution in [0.2, 0.25) is 0 Å². The molecule has 0 radical (unpaired) electrons. The Labute approximate surface area is 189 Å². The highest BCUT2D eigenvalue weighted by atomic mass is 32.2. The Kier molecular flexibility index (Phi) is 6.03. The number of hydrogen-bond donors (Lipinski definition) is 0. The van der Waals surface area contributed by atoms with Crippen LogP contribution in [0.1, 0.15) is 34.8 Å². The number of nitrogens with zero attached hydrogens (tertiary/aromatic N) is 3. The Balaban J connectivity index is 1.36. The molecule has 0 bridgehead atoms. The van der Waals surface area contributed by atoms with Gasteiger partial charge in [0, 0.05) is 44.3 Å². The molecule has 0 spiro atoms. The van der Waals surface area contributed by atoms with E-state index in [0.717, 1.165) is 18.7 Å². The fourth-order valence-electron chi connectivity index (χ4n) is 4.65. The fraction of sp³-hybridized carbons (Fsp3) is 0.458. The van der Waals surface area contributed by atoms with E-state index in [0.29, 0.717) is 44.5 Å². The second kappa shape index (κ2) is 8.94. The van der Waals surface area contributed by atoms with Crippen LogP contribution < -0.4 is 0 Å². The van der Waals surface area contributed by atoms with Crippen LogP contribution in [-0.2, 0) is 14.8 Å². The van der Waals surface area contributed by atoms with Crippen molar-refractivity contribution in [2.24, 2.45) is 0 Å². The molecular weight excluding hydrogens is 426 g/mol. The van der Waals surface area contributed by atoms with Crippen molar-refractivity contribution < 1.29 is 17.9 Å². The van der Waals surface area contributed by atoms with Crippen molar-refractivity contribution in [1.82, 2.24) is 14.1 Å². The molecule has 32 heavy (non-hydrogen) atoms. The number of rotatable bonds is 5. The van der Waals surface area contributed by atoms with Gasteiger partial charge in [-0.15, -0.1) is 0 Å². The van der Waals surface area contributed by atoms with Crippen molar-refractivity contribution in [3.05, 3.63) is 65.7 Å². The summed E-state index contributed by atoms with van der Waals surface area (Å²) < 4.78 is 32.5. The highest BCUT2D eigenvalue weighted by molar-refractivity contribution is 7.89. The first kappa shape index (κ1) is 21.6. The Morgan fingerprint density at radius 1 is 0.875 bits per heavy atom. The Morgan fingerprint density at radius 2 is 1.56 bits per heavy atom. The smallest absolute Gasteiger partial charge is 0.254 e. The zero-order valence-corrected chi connectivity index (χ0v) is 18.9. The van der Waals surface area contributed by atoms with Gasteiger partial charge in [0.25, 0.3) is 5.91 Å². The maximum atomic E-state index is 13.5. The quantitative estimate of drug-likeness (QED) is 0.692. The maximum Gasteiger partial charge on any atom is 0.254 e. The van der Waals surface area contributed by atoms with Crippen LogP contribution in [0, 0.1) is 0 Å². The first-order valence-corrected chi connectivity index (χ1v) is 12.8. The summed E-state index contributed by atoms with van der Waals surface area (Å²) in [4.78, 5) is 18.1. The SMILES string of the molecule is O=C(c1ccc(S(=O)(=O)N2CCOCC2)cc1)N1CCN(C2CC2)CC1c1ccccc1. The normalized spacial score (nSPS) is 23.2. The lowest BCUT2D eigenvalue weighted by Gasteiger charge is -2.42. The topological polar surface area (TPSA) is 70.2 Å². The lowest BCUT2D eigenvalue weighted by molar-refractivity contribution is 0.0433. The van der Waals surface area contributed by atoms with Crippen LogP contribution in [0.25, 0.3) is 0 Å². The molecule has 0 N–H and O–H groups in total. The molecular formula is C24H29N3O4S. The van der Waals surface area contributed by atoms with E-state index in [4.69, 9.17) is 4.74 Å². The van der Waals surface area contributed by atoms with E-state index in [1.54, 1.807) is 24.3 Å². The predicted molar refractivity (Wildman–Crippen MR) is 121 cm³/mol. The van der Waals surface area contributed by atoms with Crippen LogP contribution >= 0.6 is 0 Å². The number of sulfonamides is 1.